The molecule has 4 nitrogen and oxygen atoms in total. The summed E-state index contributed by atoms with van der Waals surface area (Å²) in [6.07, 6.45) is 1.69. The van der Waals surface area contributed by atoms with Crippen LogP contribution >= 0.6 is 0 Å². The zero-order chi connectivity index (χ0) is 12.4. The minimum absolute atomic E-state index is 0.0552. The summed E-state index contributed by atoms with van der Waals surface area (Å²) in [7, 11) is 1.63. The van der Waals surface area contributed by atoms with Crippen LogP contribution in [0, 0.1) is 12.8 Å². The fraction of sp³-hybridized carbons (Fsp3) is 0.462. The van der Waals surface area contributed by atoms with E-state index in [0.717, 1.165) is 29.8 Å². The SMILES string of the molecule is COc1ccc(NC2CCC2C(=O)O)c(C)c1. The van der Waals surface area contributed by atoms with E-state index in [1.54, 1.807) is 7.11 Å². The molecule has 0 saturated heterocycles. The number of methoxy groups -OCH3 is 1. The molecule has 2 N–H and O–H groups in total. The number of aliphatic carboxylic acids is 1. The molecule has 0 amide bonds. The summed E-state index contributed by atoms with van der Waals surface area (Å²) in [5.41, 5.74) is 2.06. The topological polar surface area (TPSA) is 58.6 Å². The van der Waals surface area contributed by atoms with E-state index in [9.17, 15) is 4.79 Å². The van der Waals surface area contributed by atoms with Crippen LogP contribution in [0.2, 0.25) is 0 Å². The maximum Gasteiger partial charge on any atom is 0.308 e. The van der Waals surface area contributed by atoms with Crippen molar-refractivity contribution in [1.82, 2.24) is 0 Å². The summed E-state index contributed by atoms with van der Waals surface area (Å²) in [5, 5.41) is 12.3. The molecule has 0 heterocycles. The second-order valence-electron chi connectivity index (χ2n) is 4.45. The Bertz CT molecular complexity index is 431. The standard InChI is InChI=1S/C13H17NO3/c1-8-7-9(17-2)3-5-11(8)14-12-6-4-10(12)13(15)16/h3,5,7,10,12,14H,4,6H2,1-2H3,(H,15,16). The van der Waals surface area contributed by atoms with E-state index >= 15 is 0 Å². The first kappa shape index (κ1) is 11.8. The van der Waals surface area contributed by atoms with Crippen LogP contribution in [0.3, 0.4) is 0 Å². The minimum Gasteiger partial charge on any atom is -0.497 e. The van der Waals surface area contributed by atoms with Crippen LogP contribution in [0.25, 0.3) is 0 Å². The summed E-state index contributed by atoms with van der Waals surface area (Å²) in [4.78, 5) is 10.9. The van der Waals surface area contributed by atoms with E-state index in [-0.39, 0.29) is 12.0 Å². The normalized spacial score (nSPS) is 22.7. The average Bonchev–Trinajstić information content (AvgIpc) is 2.24. The van der Waals surface area contributed by atoms with E-state index in [0.29, 0.717) is 0 Å². The van der Waals surface area contributed by atoms with E-state index in [1.807, 2.05) is 25.1 Å². The third-order valence-electron chi connectivity index (χ3n) is 3.37. The Morgan fingerprint density at radius 2 is 2.24 bits per heavy atom. The monoisotopic (exact) mass is 235 g/mol. The lowest BCUT2D eigenvalue weighted by molar-refractivity contribution is -0.144. The first-order chi connectivity index (χ1) is 8.11. The lowest BCUT2D eigenvalue weighted by atomic mass is 9.79. The van der Waals surface area contributed by atoms with Crippen molar-refractivity contribution in [2.75, 3.05) is 12.4 Å². The van der Waals surface area contributed by atoms with Gasteiger partial charge >= 0.3 is 5.97 Å². The molecular weight excluding hydrogens is 218 g/mol. The van der Waals surface area contributed by atoms with Crippen LogP contribution in [0.4, 0.5) is 5.69 Å². The largest absolute Gasteiger partial charge is 0.497 e. The Morgan fingerprint density at radius 1 is 1.47 bits per heavy atom. The number of carboxylic acid groups (broad SMARTS) is 1. The molecule has 17 heavy (non-hydrogen) atoms. The zero-order valence-electron chi connectivity index (χ0n) is 10.1. The average molecular weight is 235 g/mol. The lowest BCUT2D eigenvalue weighted by Crippen LogP contribution is -2.43. The number of hydrogen-bond donors (Lipinski definition) is 2. The first-order valence-corrected chi connectivity index (χ1v) is 5.76. The zero-order valence-corrected chi connectivity index (χ0v) is 10.1. The second kappa shape index (κ2) is 4.65. The predicted molar refractivity (Wildman–Crippen MR) is 65.5 cm³/mol. The van der Waals surface area contributed by atoms with Crippen LogP contribution in [-0.4, -0.2) is 24.2 Å². The Hall–Kier alpha value is -1.71. The third-order valence-corrected chi connectivity index (χ3v) is 3.37. The lowest BCUT2D eigenvalue weighted by Gasteiger charge is -2.35. The van der Waals surface area contributed by atoms with Crippen LogP contribution in [0.15, 0.2) is 18.2 Å². The van der Waals surface area contributed by atoms with Crippen LogP contribution in [-0.2, 0) is 4.79 Å². The van der Waals surface area contributed by atoms with E-state index in [1.165, 1.54) is 0 Å². The molecule has 92 valence electrons. The maximum absolute atomic E-state index is 10.9. The summed E-state index contributed by atoms with van der Waals surface area (Å²) in [5.74, 6) is -0.145. The van der Waals surface area contributed by atoms with E-state index < -0.39 is 5.97 Å². The first-order valence-electron chi connectivity index (χ1n) is 5.76. The van der Waals surface area contributed by atoms with Crippen molar-refractivity contribution < 1.29 is 14.6 Å². The molecule has 2 atom stereocenters. The van der Waals surface area contributed by atoms with Gasteiger partial charge in [0.15, 0.2) is 0 Å². The van der Waals surface area contributed by atoms with Crippen molar-refractivity contribution in [2.24, 2.45) is 5.92 Å². The highest BCUT2D eigenvalue weighted by Gasteiger charge is 2.36. The molecule has 0 radical (unpaired) electrons. The summed E-state index contributed by atoms with van der Waals surface area (Å²) in [6, 6.07) is 5.81. The molecule has 0 bridgehead atoms. The molecular formula is C13H17NO3. The molecule has 2 unspecified atom stereocenters. The Balaban J connectivity index is 2.06. The highest BCUT2D eigenvalue weighted by molar-refractivity contribution is 5.73. The third kappa shape index (κ3) is 2.35. The summed E-state index contributed by atoms with van der Waals surface area (Å²) in [6.45, 7) is 1.99. The number of aryl methyl sites for hydroxylation is 1. The Kier molecular flexibility index (Phi) is 3.22. The highest BCUT2D eigenvalue weighted by atomic mass is 16.5. The van der Waals surface area contributed by atoms with Crippen LogP contribution in [0.5, 0.6) is 5.75 Å². The number of carbonyl (C=O) groups is 1. The van der Waals surface area contributed by atoms with Gasteiger partial charge in [-0.05, 0) is 43.5 Å². The van der Waals surface area contributed by atoms with Gasteiger partial charge in [-0.1, -0.05) is 0 Å². The summed E-state index contributed by atoms with van der Waals surface area (Å²) >= 11 is 0. The molecule has 0 spiro atoms. The van der Waals surface area contributed by atoms with Crippen molar-refractivity contribution in [3.8, 4) is 5.75 Å². The van der Waals surface area contributed by atoms with Gasteiger partial charge in [-0.2, -0.15) is 0 Å². The predicted octanol–water partition coefficient (Wildman–Crippen LogP) is 2.28. The number of anilines is 1. The molecule has 0 aliphatic heterocycles. The van der Waals surface area contributed by atoms with Gasteiger partial charge in [0.1, 0.15) is 5.75 Å². The van der Waals surface area contributed by atoms with Crippen molar-refractivity contribution in [2.45, 2.75) is 25.8 Å². The molecule has 1 saturated carbocycles. The van der Waals surface area contributed by atoms with Crippen LogP contribution in [0.1, 0.15) is 18.4 Å². The van der Waals surface area contributed by atoms with Crippen molar-refractivity contribution >= 4 is 11.7 Å². The smallest absolute Gasteiger partial charge is 0.308 e. The fourth-order valence-electron chi connectivity index (χ4n) is 2.09. The van der Waals surface area contributed by atoms with Crippen LogP contribution < -0.4 is 10.1 Å². The molecule has 2 rings (SSSR count). The molecule has 1 aromatic carbocycles. The highest BCUT2D eigenvalue weighted by Crippen LogP contribution is 2.32. The Morgan fingerprint density at radius 3 is 2.71 bits per heavy atom. The van der Waals surface area contributed by atoms with Gasteiger partial charge in [-0.15, -0.1) is 0 Å². The van der Waals surface area contributed by atoms with Gasteiger partial charge in [-0.25, -0.2) is 0 Å². The number of rotatable bonds is 4. The molecule has 1 aliphatic rings. The molecule has 0 aromatic heterocycles. The maximum atomic E-state index is 10.9. The number of nitrogens with one attached hydrogen (secondary N) is 1. The van der Waals surface area contributed by atoms with Gasteiger partial charge in [0.25, 0.3) is 0 Å². The quantitative estimate of drug-likeness (QED) is 0.840. The fourth-order valence-corrected chi connectivity index (χ4v) is 2.09. The van der Waals surface area contributed by atoms with Gasteiger partial charge < -0.3 is 15.2 Å². The minimum atomic E-state index is -0.708. The molecule has 1 aliphatic carbocycles. The summed E-state index contributed by atoms with van der Waals surface area (Å²) < 4.78 is 5.13. The van der Waals surface area contributed by atoms with Crippen molar-refractivity contribution in [1.29, 1.82) is 0 Å². The van der Waals surface area contributed by atoms with Gasteiger partial charge in [0.05, 0.1) is 13.0 Å². The Labute approximate surface area is 101 Å². The number of hydrogen-bond acceptors (Lipinski definition) is 3. The van der Waals surface area contributed by atoms with Crippen molar-refractivity contribution in [3.63, 3.8) is 0 Å². The number of benzene rings is 1. The van der Waals surface area contributed by atoms with Gasteiger partial charge in [0, 0.05) is 11.7 Å². The number of ether oxygens (including phenoxy) is 1. The second-order valence-corrected chi connectivity index (χ2v) is 4.45. The van der Waals surface area contributed by atoms with E-state index in [4.69, 9.17) is 9.84 Å². The molecule has 1 fully saturated rings. The van der Waals surface area contributed by atoms with Gasteiger partial charge in [-0.3, -0.25) is 4.79 Å². The van der Waals surface area contributed by atoms with Gasteiger partial charge in [0.2, 0.25) is 0 Å². The van der Waals surface area contributed by atoms with Crippen molar-refractivity contribution in [3.05, 3.63) is 23.8 Å². The number of carboxylic acids is 1. The van der Waals surface area contributed by atoms with E-state index in [2.05, 4.69) is 5.32 Å². The molecule has 4 heteroatoms. The molecule has 1 aromatic rings.